The molecule has 0 aliphatic rings. The lowest BCUT2D eigenvalue weighted by atomic mass is 9.95. The van der Waals surface area contributed by atoms with Gasteiger partial charge < -0.3 is 16.2 Å². The zero-order valence-electron chi connectivity index (χ0n) is 12.1. The van der Waals surface area contributed by atoms with Gasteiger partial charge in [0.15, 0.2) is 0 Å². The van der Waals surface area contributed by atoms with Crippen molar-refractivity contribution in [3.05, 3.63) is 28.1 Å². The van der Waals surface area contributed by atoms with Crippen LogP contribution in [0.15, 0.2) is 18.2 Å². The van der Waals surface area contributed by atoms with E-state index < -0.39 is 5.54 Å². The first-order valence-electron chi connectivity index (χ1n) is 6.81. The van der Waals surface area contributed by atoms with Crippen molar-refractivity contribution >= 4 is 44.6 Å². The lowest BCUT2D eigenvalue weighted by Crippen LogP contribution is -2.46. The van der Waals surface area contributed by atoms with Crippen molar-refractivity contribution in [3.8, 4) is 0 Å². The summed E-state index contributed by atoms with van der Waals surface area (Å²) in [5.74, 6) is -0.220. The van der Waals surface area contributed by atoms with Crippen molar-refractivity contribution in [1.29, 1.82) is 0 Å². The van der Waals surface area contributed by atoms with E-state index >= 15 is 0 Å². The van der Waals surface area contributed by atoms with E-state index in [0.29, 0.717) is 22.0 Å². The lowest BCUT2D eigenvalue weighted by molar-refractivity contribution is 0.0891. The molecule has 0 bridgehead atoms. The maximum Gasteiger partial charge on any atom is 0.263 e. The fourth-order valence-electron chi connectivity index (χ4n) is 2.20. The molecule has 6 heteroatoms. The zero-order valence-corrected chi connectivity index (χ0v) is 13.6. The Morgan fingerprint density at radius 3 is 2.81 bits per heavy atom. The Kier molecular flexibility index (Phi) is 4.76. The molecule has 0 fully saturated rings. The lowest BCUT2D eigenvalue weighted by Gasteiger charge is -2.28. The van der Waals surface area contributed by atoms with Crippen molar-refractivity contribution in [2.75, 3.05) is 12.3 Å². The van der Waals surface area contributed by atoms with Crippen molar-refractivity contribution < 1.29 is 9.90 Å². The highest BCUT2D eigenvalue weighted by atomic mass is 35.5. The van der Waals surface area contributed by atoms with Crippen molar-refractivity contribution in [2.24, 2.45) is 0 Å². The van der Waals surface area contributed by atoms with E-state index in [1.165, 1.54) is 11.3 Å². The van der Waals surface area contributed by atoms with Crippen LogP contribution < -0.4 is 11.1 Å². The minimum absolute atomic E-state index is 0.0261. The normalized spacial score (nSPS) is 14.1. The summed E-state index contributed by atoms with van der Waals surface area (Å²) in [5.41, 5.74) is 6.06. The summed E-state index contributed by atoms with van der Waals surface area (Å²) in [6.07, 6.45) is 1.23. The molecule has 1 unspecified atom stereocenters. The highest BCUT2D eigenvalue weighted by Gasteiger charge is 2.27. The molecule has 4 N–H and O–H groups in total. The highest BCUT2D eigenvalue weighted by Crippen LogP contribution is 2.38. The van der Waals surface area contributed by atoms with Crippen LogP contribution in [0.25, 0.3) is 10.1 Å². The fraction of sp³-hybridized carbons (Fsp3) is 0.400. The van der Waals surface area contributed by atoms with Gasteiger partial charge in [-0.25, -0.2) is 0 Å². The maximum atomic E-state index is 12.5. The van der Waals surface area contributed by atoms with Gasteiger partial charge in [-0.3, -0.25) is 4.79 Å². The van der Waals surface area contributed by atoms with E-state index in [0.717, 1.165) is 16.5 Å². The number of hydrogen-bond acceptors (Lipinski definition) is 4. The van der Waals surface area contributed by atoms with Crippen LogP contribution in [0.5, 0.6) is 0 Å². The van der Waals surface area contributed by atoms with Gasteiger partial charge >= 0.3 is 0 Å². The van der Waals surface area contributed by atoms with Gasteiger partial charge in [0.25, 0.3) is 5.91 Å². The highest BCUT2D eigenvalue weighted by molar-refractivity contribution is 7.21. The molecule has 0 saturated carbocycles. The Balaban J connectivity index is 2.36. The number of nitrogens with one attached hydrogen (secondary N) is 1. The topological polar surface area (TPSA) is 75.3 Å². The Hall–Kier alpha value is -1.30. The third kappa shape index (κ3) is 3.15. The number of benzene rings is 1. The molecule has 1 aromatic carbocycles. The molecular weight excluding hydrogens is 308 g/mol. The summed E-state index contributed by atoms with van der Waals surface area (Å²) in [7, 11) is 0. The first-order valence-corrected chi connectivity index (χ1v) is 8.01. The van der Waals surface area contributed by atoms with Gasteiger partial charge in [-0.1, -0.05) is 24.6 Å². The third-order valence-electron chi connectivity index (χ3n) is 3.77. The number of aliphatic hydroxyl groups is 1. The quantitative estimate of drug-likeness (QED) is 0.788. The van der Waals surface area contributed by atoms with Gasteiger partial charge in [0.05, 0.1) is 10.7 Å². The standard InChI is InChI=1S/C15H19ClN2O2S/c1-3-15(2,7-8-19)18-14(20)13-12(17)11-9(16)5-4-6-10(11)21-13/h4-6,19H,3,7-8,17H2,1-2H3,(H,18,20). The van der Waals surface area contributed by atoms with Gasteiger partial charge in [-0.2, -0.15) is 0 Å². The van der Waals surface area contributed by atoms with Gasteiger partial charge in [-0.15, -0.1) is 11.3 Å². The number of carbonyl (C=O) groups is 1. The minimum atomic E-state index is -0.446. The Morgan fingerprint density at radius 2 is 2.24 bits per heavy atom. The minimum Gasteiger partial charge on any atom is -0.397 e. The number of amides is 1. The van der Waals surface area contributed by atoms with Crippen LogP contribution in [0.3, 0.4) is 0 Å². The number of rotatable bonds is 5. The van der Waals surface area contributed by atoms with Crippen molar-refractivity contribution in [2.45, 2.75) is 32.2 Å². The second kappa shape index (κ2) is 6.22. The number of carbonyl (C=O) groups excluding carboxylic acids is 1. The molecule has 0 saturated heterocycles. The number of halogens is 1. The molecule has 0 spiro atoms. The number of anilines is 1. The summed E-state index contributed by atoms with van der Waals surface area (Å²) in [4.78, 5) is 13.0. The molecule has 0 radical (unpaired) electrons. The molecule has 114 valence electrons. The molecule has 21 heavy (non-hydrogen) atoms. The number of nitrogens with two attached hydrogens (primary N) is 1. The number of aliphatic hydroxyl groups excluding tert-OH is 1. The summed E-state index contributed by atoms with van der Waals surface area (Å²) in [6, 6.07) is 5.49. The molecule has 2 aromatic rings. The van der Waals surface area contributed by atoms with Crippen LogP contribution in [-0.2, 0) is 0 Å². The van der Waals surface area contributed by atoms with E-state index in [1.807, 2.05) is 26.0 Å². The number of fused-ring (bicyclic) bond motifs is 1. The van der Waals surface area contributed by atoms with E-state index in [4.69, 9.17) is 22.4 Å². The molecule has 0 aliphatic carbocycles. The fourth-order valence-corrected chi connectivity index (χ4v) is 3.58. The average molecular weight is 327 g/mol. The van der Waals surface area contributed by atoms with Crippen molar-refractivity contribution in [1.82, 2.24) is 5.32 Å². The molecule has 0 aliphatic heterocycles. The summed E-state index contributed by atoms with van der Waals surface area (Å²) in [5, 5.41) is 13.4. The summed E-state index contributed by atoms with van der Waals surface area (Å²) in [6.45, 7) is 3.91. The van der Waals surface area contributed by atoms with E-state index in [-0.39, 0.29) is 12.5 Å². The number of hydrogen-bond donors (Lipinski definition) is 3. The van der Waals surface area contributed by atoms with E-state index in [2.05, 4.69) is 5.32 Å². The first kappa shape index (κ1) is 16.1. The molecule has 1 aromatic heterocycles. The van der Waals surface area contributed by atoms with Crippen LogP contribution >= 0.6 is 22.9 Å². The number of thiophene rings is 1. The largest absolute Gasteiger partial charge is 0.397 e. The van der Waals surface area contributed by atoms with Crippen LogP contribution in [-0.4, -0.2) is 23.2 Å². The predicted octanol–water partition coefficient (Wildman–Crippen LogP) is 3.42. The van der Waals surface area contributed by atoms with Gasteiger partial charge in [-0.05, 0) is 31.9 Å². The van der Waals surface area contributed by atoms with E-state index in [1.54, 1.807) is 6.07 Å². The molecule has 4 nitrogen and oxygen atoms in total. The summed E-state index contributed by atoms with van der Waals surface area (Å²) < 4.78 is 0.894. The molecule has 1 amide bonds. The Morgan fingerprint density at radius 1 is 1.52 bits per heavy atom. The Bertz CT molecular complexity index is 671. The molecule has 1 heterocycles. The predicted molar refractivity (Wildman–Crippen MR) is 89.1 cm³/mol. The number of nitrogen functional groups attached to an aromatic ring is 1. The molecule has 1 atom stereocenters. The SMILES string of the molecule is CCC(C)(CCO)NC(=O)c1sc2cccc(Cl)c2c1N. The zero-order chi connectivity index (χ0) is 15.6. The van der Waals surface area contributed by atoms with Crippen molar-refractivity contribution in [3.63, 3.8) is 0 Å². The van der Waals surface area contributed by atoms with Gasteiger partial charge in [0.2, 0.25) is 0 Å². The smallest absolute Gasteiger partial charge is 0.263 e. The van der Waals surface area contributed by atoms with Gasteiger partial charge in [0, 0.05) is 22.2 Å². The van der Waals surface area contributed by atoms with Crippen LogP contribution in [0.1, 0.15) is 36.4 Å². The average Bonchev–Trinajstić information content (AvgIpc) is 2.78. The van der Waals surface area contributed by atoms with Gasteiger partial charge in [0.1, 0.15) is 4.88 Å². The molecule has 2 rings (SSSR count). The monoisotopic (exact) mass is 326 g/mol. The third-order valence-corrected chi connectivity index (χ3v) is 5.25. The first-order chi connectivity index (χ1) is 9.91. The Labute approximate surface area is 132 Å². The second-order valence-electron chi connectivity index (χ2n) is 5.30. The second-order valence-corrected chi connectivity index (χ2v) is 6.76. The van der Waals surface area contributed by atoms with Crippen LogP contribution in [0.2, 0.25) is 5.02 Å². The molecular formula is C15H19ClN2O2S. The summed E-state index contributed by atoms with van der Waals surface area (Å²) >= 11 is 7.48. The van der Waals surface area contributed by atoms with E-state index in [9.17, 15) is 4.79 Å². The maximum absolute atomic E-state index is 12.5. The van der Waals surface area contributed by atoms with Crippen LogP contribution in [0, 0.1) is 0 Å². The van der Waals surface area contributed by atoms with Crippen LogP contribution in [0.4, 0.5) is 5.69 Å².